The molecule has 0 aliphatic heterocycles. The number of imidazole rings is 1. The molecule has 6 heteroatoms. The second kappa shape index (κ2) is 9.96. The van der Waals surface area contributed by atoms with Gasteiger partial charge in [0.1, 0.15) is 6.04 Å². The van der Waals surface area contributed by atoms with Gasteiger partial charge >= 0.3 is 0 Å². The minimum atomic E-state index is -0.844. The standard InChI is InChI=1S/C27H26N4O2/c1-19-10-8-9-15-22(19)25-24(29-18-31(25)17-21-13-6-3-7-14-21)27(33)30-23(26(28)32)16-20-11-4-2-5-12-20/h2-15,18,23H,16-17H2,1H3,(H2,28,32)(H,30,33)/t23-/m0/s1. The number of nitrogens with two attached hydrogens (primary N) is 1. The average molecular weight is 439 g/mol. The summed E-state index contributed by atoms with van der Waals surface area (Å²) in [6.07, 6.45) is 1.98. The zero-order valence-corrected chi connectivity index (χ0v) is 18.4. The summed E-state index contributed by atoms with van der Waals surface area (Å²) in [4.78, 5) is 29.9. The lowest BCUT2D eigenvalue weighted by molar-refractivity contribution is -0.119. The molecule has 1 aromatic heterocycles. The lowest BCUT2D eigenvalue weighted by Crippen LogP contribution is -2.46. The zero-order chi connectivity index (χ0) is 23.2. The first-order valence-electron chi connectivity index (χ1n) is 10.8. The molecule has 3 aromatic carbocycles. The van der Waals surface area contributed by atoms with E-state index in [9.17, 15) is 9.59 Å². The molecule has 0 fully saturated rings. The zero-order valence-electron chi connectivity index (χ0n) is 18.4. The number of primary amides is 1. The monoisotopic (exact) mass is 438 g/mol. The van der Waals surface area contributed by atoms with Crippen LogP contribution in [0.4, 0.5) is 0 Å². The fourth-order valence-electron chi connectivity index (χ4n) is 3.87. The largest absolute Gasteiger partial charge is 0.368 e. The van der Waals surface area contributed by atoms with E-state index in [1.165, 1.54) is 0 Å². The van der Waals surface area contributed by atoms with Gasteiger partial charge in [-0.25, -0.2) is 4.98 Å². The smallest absolute Gasteiger partial charge is 0.272 e. The van der Waals surface area contributed by atoms with Gasteiger partial charge in [0, 0.05) is 18.5 Å². The Labute approximate surface area is 193 Å². The fraction of sp³-hybridized carbons (Fsp3) is 0.148. The van der Waals surface area contributed by atoms with Crippen molar-refractivity contribution in [3.05, 3.63) is 114 Å². The maximum Gasteiger partial charge on any atom is 0.272 e. The summed E-state index contributed by atoms with van der Waals surface area (Å²) >= 11 is 0. The number of carbonyl (C=O) groups excluding carboxylic acids is 2. The molecule has 0 radical (unpaired) electrons. The number of amides is 2. The highest BCUT2D eigenvalue weighted by Crippen LogP contribution is 2.27. The second-order valence-corrected chi connectivity index (χ2v) is 7.99. The maximum absolute atomic E-state index is 13.3. The Bertz CT molecular complexity index is 1250. The predicted octanol–water partition coefficient (Wildman–Crippen LogP) is 3.73. The molecule has 0 aliphatic carbocycles. The molecule has 6 nitrogen and oxygen atoms in total. The van der Waals surface area contributed by atoms with Crippen LogP contribution in [0.2, 0.25) is 0 Å². The SMILES string of the molecule is Cc1ccccc1-c1c(C(=O)N[C@@H](Cc2ccccc2)C(N)=O)ncn1Cc1ccccc1. The summed E-state index contributed by atoms with van der Waals surface area (Å²) in [6, 6.07) is 26.5. The van der Waals surface area contributed by atoms with Gasteiger partial charge in [0.05, 0.1) is 12.0 Å². The molecule has 0 bridgehead atoms. The average Bonchev–Trinajstić information content (AvgIpc) is 3.23. The number of aromatic nitrogens is 2. The van der Waals surface area contributed by atoms with E-state index in [4.69, 9.17) is 5.73 Å². The molecular formula is C27H26N4O2. The summed E-state index contributed by atoms with van der Waals surface area (Å²) < 4.78 is 1.96. The molecule has 4 aromatic rings. The number of hydrogen-bond donors (Lipinski definition) is 2. The van der Waals surface area contributed by atoms with Gasteiger partial charge in [-0.3, -0.25) is 9.59 Å². The Kier molecular flexibility index (Phi) is 6.64. The topological polar surface area (TPSA) is 90.0 Å². The Morgan fingerprint density at radius 2 is 1.52 bits per heavy atom. The summed E-state index contributed by atoms with van der Waals surface area (Å²) in [6.45, 7) is 2.56. The predicted molar refractivity (Wildman–Crippen MR) is 129 cm³/mol. The summed E-state index contributed by atoms with van der Waals surface area (Å²) in [5.41, 5.74) is 10.5. The van der Waals surface area contributed by atoms with Gasteiger partial charge in [-0.1, -0.05) is 84.9 Å². The van der Waals surface area contributed by atoms with Crippen LogP contribution < -0.4 is 11.1 Å². The van der Waals surface area contributed by atoms with Gasteiger partial charge in [0.25, 0.3) is 5.91 Å². The minimum absolute atomic E-state index is 0.263. The molecule has 1 heterocycles. The van der Waals surface area contributed by atoms with Crippen molar-refractivity contribution < 1.29 is 9.59 Å². The molecule has 1 atom stereocenters. The van der Waals surface area contributed by atoms with Gasteiger partial charge in [0.15, 0.2) is 5.69 Å². The normalized spacial score (nSPS) is 11.7. The molecular weight excluding hydrogens is 412 g/mol. The number of hydrogen-bond acceptors (Lipinski definition) is 3. The highest BCUT2D eigenvalue weighted by Gasteiger charge is 2.25. The van der Waals surface area contributed by atoms with Crippen molar-refractivity contribution in [3.63, 3.8) is 0 Å². The first-order chi connectivity index (χ1) is 16.0. The first kappa shape index (κ1) is 22.0. The molecule has 2 amide bonds. The quantitative estimate of drug-likeness (QED) is 0.439. The van der Waals surface area contributed by atoms with Crippen LogP contribution in [0.15, 0.2) is 91.3 Å². The van der Waals surface area contributed by atoms with Gasteiger partial charge < -0.3 is 15.6 Å². The fourth-order valence-corrected chi connectivity index (χ4v) is 3.87. The van der Waals surface area contributed by atoms with Crippen molar-refractivity contribution in [1.82, 2.24) is 14.9 Å². The van der Waals surface area contributed by atoms with Crippen molar-refractivity contribution in [2.75, 3.05) is 0 Å². The van der Waals surface area contributed by atoms with Crippen molar-refractivity contribution in [2.24, 2.45) is 5.73 Å². The Morgan fingerprint density at radius 3 is 2.15 bits per heavy atom. The van der Waals surface area contributed by atoms with Crippen LogP contribution in [-0.2, 0) is 17.8 Å². The molecule has 3 N–H and O–H groups in total. The third kappa shape index (κ3) is 5.18. The van der Waals surface area contributed by atoms with E-state index in [1.54, 1.807) is 6.33 Å². The van der Waals surface area contributed by atoms with Crippen LogP contribution in [0.5, 0.6) is 0 Å². The van der Waals surface area contributed by atoms with E-state index in [2.05, 4.69) is 10.3 Å². The molecule has 0 unspecified atom stereocenters. The van der Waals surface area contributed by atoms with Crippen LogP contribution in [0.3, 0.4) is 0 Å². The molecule has 0 aliphatic rings. The van der Waals surface area contributed by atoms with Gasteiger partial charge in [-0.05, 0) is 23.6 Å². The number of benzene rings is 3. The van der Waals surface area contributed by atoms with E-state index in [0.29, 0.717) is 18.7 Å². The van der Waals surface area contributed by atoms with E-state index in [1.807, 2.05) is 96.4 Å². The van der Waals surface area contributed by atoms with Gasteiger partial charge in [-0.2, -0.15) is 0 Å². The highest BCUT2D eigenvalue weighted by atomic mass is 16.2. The Morgan fingerprint density at radius 1 is 0.909 bits per heavy atom. The van der Waals surface area contributed by atoms with E-state index in [-0.39, 0.29) is 5.69 Å². The highest BCUT2D eigenvalue weighted by molar-refractivity contribution is 6.00. The van der Waals surface area contributed by atoms with Gasteiger partial charge in [0.2, 0.25) is 5.91 Å². The van der Waals surface area contributed by atoms with Crippen LogP contribution in [0, 0.1) is 6.92 Å². The van der Waals surface area contributed by atoms with Gasteiger partial charge in [-0.15, -0.1) is 0 Å². The van der Waals surface area contributed by atoms with Crippen LogP contribution in [0.1, 0.15) is 27.2 Å². The number of carbonyl (C=O) groups is 2. The lowest BCUT2D eigenvalue weighted by Gasteiger charge is -2.17. The van der Waals surface area contributed by atoms with Crippen LogP contribution in [0.25, 0.3) is 11.3 Å². The first-order valence-corrected chi connectivity index (χ1v) is 10.8. The Hall–Kier alpha value is -4.19. The molecule has 33 heavy (non-hydrogen) atoms. The molecule has 0 saturated carbocycles. The number of rotatable bonds is 8. The summed E-state index contributed by atoms with van der Waals surface area (Å²) in [5, 5.41) is 2.80. The Balaban J connectivity index is 1.68. The van der Waals surface area contributed by atoms with Crippen molar-refractivity contribution in [3.8, 4) is 11.3 Å². The second-order valence-electron chi connectivity index (χ2n) is 7.99. The molecule has 0 spiro atoms. The third-order valence-corrected chi connectivity index (χ3v) is 5.58. The van der Waals surface area contributed by atoms with E-state index >= 15 is 0 Å². The third-order valence-electron chi connectivity index (χ3n) is 5.58. The maximum atomic E-state index is 13.3. The molecule has 4 rings (SSSR count). The number of nitrogens with zero attached hydrogens (tertiary/aromatic N) is 2. The summed E-state index contributed by atoms with van der Waals surface area (Å²) in [5.74, 6) is -1.02. The number of nitrogens with one attached hydrogen (secondary N) is 1. The van der Waals surface area contributed by atoms with Crippen molar-refractivity contribution in [1.29, 1.82) is 0 Å². The molecule has 0 saturated heterocycles. The van der Waals surface area contributed by atoms with Crippen LogP contribution >= 0.6 is 0 Å². The van der Waals surface area contributed by atoms with Crippen molar-refractivity contribution >= 4 is 11.8 Å². The summed E-state index contributed by atoms with van der Waals surface area (Å²) in [7, 11) is 0. The minimum Gasteiger partial charge on any atom is -0.368 e. The lowest BCUT2D eigenvalue weighted by atomic mass is 10.0. The molecule has 166 valence electrons. The van der Waals surface area contributed by atoms with Crippen LogP contribution in [-0.4, -0.2) is 27.4 Å². The number of aryl methyl sites for hydroxylation is 1. The van der Waals surface area contributed by atoms with E-state index in [0.717, 1.165) is 22.3 Å². The van der Waals surface area contributed by atoms with Crippen molar-refractivity contribution in [2.45, 2.75) is 25.9 Å². The van der Waals surface area contributed by atoms with E-state index < -0.39 is 17.9 Å².